The van der Waals surface area contributed by atoms with E-state index >= 15 is 0 Å². The molecular weight excluding hydrogens is 278 g/mol. The maximum absolute atomic E-state index is 9.30. The van der Waals surface area contributed by atoms with E-state index in [-0.39, 0.29) is 6.61 Å². The molecule has 0 radical (unpaired) electrons. The molecule has 5 nitrogen and oxygen atoms in total. The lowest BCUT2D eigenvalue weighted by Gasteiger charge is -2.24. The molecule has 2 bridgehead atoms. The topological polar surface area (TPSA) is 63.2 Å². The van der Waals surface area contributed by atoms with Gasteiger partial charge in [0.25, 0.3) is 0 Å². The van der Waals surface area contributed by atoms with Gasteiger partial charge in [0.05, 0.1) is 25.1 Å². The van der Waals surface area contributed by atoms with E-state index < -0.39 is 0 Å². The fraction of sp³-hybridized carbons (Fsp3) is 0.588. The predicted octanol–water partition coefficient (Wildman–Crippen LogP) is 3.04. The highest BCUT2D eigenvalue weighted by molar-refractivity contribution is 5.64. The van der Waals surface area contributed by atoms with Crippen molar-refractivity contribution in [3.05, 3.63) is 24.2 Å². The number of fused-ring (bicyclic) bond motifs is 2. The summed E-state index contributed by atoms with van der Waals surface area (Å²) in [7, 11) is 0. The van der Waals surface area contributed by atoms with Crippen LogP contribution in [0.5, 0.6) is 0 Å². The SMILES string of the molecule is Cc1occc1-c1cc(NC2CC3CCC2C3)n(CCO)n1. The van der Waals surface area contributed by atoms with Crippen LogP contribution in [0.15, 0.2) is 22.8 Å². The van der Waals surface area contributed by atoms with Crippen LogP contribution in [0.1, 0.15) is 31.4 Å². The minimum atomic E-state index is 0.0941. The number of aliphatic hydroxyl groups excluding tert-OH is 1. The van der Waals surface area contributed by atoms with Gasteiger partial charge in [0.1, 0.15) is 11.6 Å². The van der Waals surface area contributed by atoms with E-state index in [1.807, 2.05) is 17.7 Å². The zero-order valence-corrected chi connectivity index (χ0v) is 13.0. The van der Waals surface area contributed by atoms with Crippen molar-refractivity contribution in [3.8, 4) is 11.3 Å². The van der Waals surface area contributed by atoms with Crippen LogP contribution >= 0.6 is 0 Å². The number of aromatic nitrogens is 2. The largest absolute Gasteiger partial charge is 0.469 e. The molecule has 3 unspecified atom stereocenters. The molecule has 2 aromatic rings. The molecule has 2 heterocycles. The first-order chi connectivity index (χ1) is 10.7. The van der Waals surface area contributed by atoms with Crippen LogP contribution < -0.4 is 5.32 Å². The molecule has 4 rings (SSSR count). The highest BCUT2D eigenvalue weighted by Crippen LogP contribution is 2.45. The Morgan fingerprint density at radius 1 is 1.41 bits per heavy atom. The second-order valence-electron chi connectivity index (χ2n) is 6.68. The minimum absolute atomic E-state index is 0.0941. The van der Waals surface area contributed by atoms with Crippen LogP contribution in [0.3, 0.4) is 0 Å². The van der Waals surface area contributed by atoms with Gasteiger partial charge in [-0.15, -0.1) is 0 Å². The highest BCUT2D eigenvalue weighted by Gasteiger charge is 2.39. The van der Waals surface area contributed by atoms with Gasteiger partial charge in [-0.2, -0.15) is 5.10 Å². The Balaban J connectivity index is 1.60. The summed E-state index contributed by atoms with van der Waals surface area (Å²) >= 11 is 0. The number of aliphatic hydroxyl groups is 1. The van der Waals surface area contributed by atoms with Gasteiger partial charge in [0.2, 0.25) is 0 Å². The fourth-order valence-corrected chi connectivity index (χ4v) is 4.19. The summed E-state index contributed by atoms with van der Waals surface area (Å²) in [4.78, 5) is 0. The van der Waals surface area contributed by atoms with Crippen LogP contribution in [-0.4, -0.2) is 27.5 Å². The predicted molar refractivity (Wildman–Crippen MR) is 84.6 cm³/mol. The third kappa shape index (κ3) is 2.33. The molecule has 22 heavy (non-hydrogen) atoms. The van der Waals surface area contributed by atoms with Crippen molar-refractivity contribution in [1.82, 2.24) is 9.78 Å². The lowest BCUT2D eigenvalue weighted by Crippen LogP contribution is -2.27. The first-order valence-electron chi connectivity index (χ1n) is 8.24. The van der Waals surface area contributed by atoms with Crippen LogP contribution in [0.2, 0.25) is 0 Å². The van der Waals surface area contributed by atoms with Gasteiger partial charge < -0.3 is 14.8 Å². The van der Waals surface area contributed by atoms with Crippen molar-refractivity contribution in [2.75, 3.05) is 11.9 Å². The van der Waals surface area contributed by atoms with E-state index in [1.165, 1.54) is 25.7 Å². The van der Waals surface area contributed by atoms with Gasteiger partial charge in [0.15, 0.2) is 0 Å². The molecule has 2 saturated carbocycles. The summed E-state index contributed by atoms with van der Waals surface area (Å²) in [5.74, 6) is 3.61. The van der Waals surface area contributed by atoms with Crippen molar-refractivity contribution < 1.29 is 9.52 Å². The van der Waals surface area contributed by atoms with Crippen molar-refractivity contribution in [2.45, 2.75) is 45.2 Å². The lowest BCUT2D eigenvalue weighted by atomic mass is 9.95. The van der Waals surface area contributed by atoms with Crippen molar-refractivity contribution >= 4 is 5.82 Å². The number of nitrogens with zero attached hydrogens (tertiary/aromatic N) is 2. The molecule has 2 aliphatic carbocycles. The normalized spacial score (nSPS) is 26.7. The van der Waals surface area contributed by atoms with Crippen LogP contribution in [-0.2, 0) is 6.54 Å². The number of anilines is 1. The van der Waals surface area contributed by atoms with Gasteiger partial charge in [-0.1, -0.05) is 6.42 Å². The fourth-order valence-electron chi connectivity index (χ4n) is 4.19. The molecule has 2 fully saturated rings. The third-order valence-electron chi connectivity index (χ3n) is 5.30. The molecule has 118 valence electrons. The number of furan rings is 1. The standard InChI is InChI=1S/C17H23N3O2/c1-11-14(4-7-22-11)16-10-17(20(19-16)5-6-21)18-15-9-12-2-3-13(15)8-12/h4,7,10,12-13,15,18,21H,2-3,5-6,8-9H2,1H3. The molecular formula is C17H23N3O2. The number of aryl methyl sites for hydroxylation is 1. The van der Waals surface area contributed by atoms with E-state index in [2.05, 4.69) is 16.5 Å². The summed E-state index contributed by atoms with van der Waals surface area (Å²) in [6.07, 6.45) is 7.09. The maximum atomic E-state index is 9.30. The van der Waals surface area contributed by atoms with Gasteiger partial charge in [-0.3, -0.25) is 0 Å². The quantitative estimate of drug-likeness (QED) is 0.891. The molecule has 0 aliphatic heterocycles. The lowest BCUT2D eigenvalue weighted by molar-refractivity contribution is 0.270. The number of hydrogen-bond acceptors (Lipinski definition) is 4. The summed E-state index contributed by atoms with van der Waals surface area (Å²) in [5.41, 5.74) is 1.93. The molecule has 2 aromatic heterocycles. The Morgan fingerprint density at radius 3 is 2.95 bits per heavy atom. The molecule has 3 atom stereocenters. The summed E-state index contributed by atoms with van der Waals surface area (Å²) in [5, 5.41) is 17.6. The van der Waals surface area contributed by atoms with Gasteiger partial charge in [-0.25, -0.2) is 4.68 Å². The Labute approximate surface area is 130 Å². The van der Waals surface area contributed by atoms with Crippen molar-refractivity contribution in [2.24, 2.45) is 11.8 Å². The van der Waals surface area contributed by atoms with Crippen molar-refractivity contribution in [1.29, 1.82) is 0 Å². The molecule has 2 N–H and O–H groups in total. The second kappa shape index (κ2) is 5.47. The maximum Gasteiger partial charge on any atom is 0.125 e. The molecule has 0 spiro atoms. The number of nitrogens with one attached hydrogen (secondary N) is 1. The van der Waals surface area contributed by atoms with Gasteiger partial charge in [0, 0.05) is 17.7 Å². The Hall–Kier alpha value is -1.75. The summed E-state index contributed by atoms with van der Waals surface area (Å²) < 4.78 is 7.27. The molecule has 0 saturated heterocycles. The highest BCUT2D eigenvalue weighted by atomic mass is 16.3. The smallest absolute Gasteiger partial charge is 0.125 e. The zero-order valence-electron chi connectivity index (χ0n) is 13.0. The second-order valence-corrected chi connectivity index (χ2v) is 6.68. The first kappa shape index (κ1) is 13.9. The Morgan fingerprint density at radius 2 is 2.32 bits per heavy atom. The van der Waals surface area contributed by atoms with Crippen molar-refractivity contribution in [3.63, 3.8) is 0 Å². The van der Waals surface area contributed by atoms with Crippen LogP contribution in [0.4, 0.5) is 5.82 Å². The molecule has 0 amide bonds. The molecule has 2 aliphatic rings. The average Bonchev–Trinajstić information content (AvgIpc) is 3.24. The average molecular weight is 301 g/mol. The van der Waals surface area contributed by atoms with E-state index in [1.54, 1.807) is 6.26 Å². The van der Waals surface area contributed by atoms with E-state index in [0.717, 1.165) is 34.7 Å². The number of hydrogen-bond donors (Lipinski definition) is 2. The summed E-state index contributed by atoms with van der Waals surface area (Å²) in [6.45, 7) is 2.56. The van der Waals surface area contributed by atoms with E-state index in [9.17, 15) is 5.11 Å². The van der Waals surface area contributed by atoms with Crippen LogP contribution in [0, 0.1) is 18.8 Å². The number of rotatable bonds is 5. The van der Waals surface area contributed by atoms with Crippen LogP contribution in [0.25, 0.3) is 11.3 Å². The Kier molecular flexibility index (Phi) is 3.45. The van der Waals surface area contributed by atoms with E-state index in [0.29, 0.717) is 12.6 Å². The molecule has 0 aromatic carbocycles. The monoisotopic (exact) mass is 301 g/mol. The third-order valence-corrected chi connectivity index (χ3v) is 5.30. The zero-order chi connectivity index (χ0) is 15.1. The molecule has 5 heteroatoms. The first-order valence-corrected chi connectivity index (χ1v) is 8.24. The van der Waals surface area contributed by atoms with Gasteiger partial charge >= 0.3 is 0 Å². The van der Waals surface area contributed by atoms with Gasteiger partial charge in [-0.05, 0) is 44.1 Å². The Bertz CT molecular complexity index is 661. The summed E-state index contributed by atoms with van der Waals surface area (Å²) in [6, 6.07) is 4.59. The van der Waals surface area contributed by atoms with E-state index in [4.69, 9.17) is 4.42 Å². The minimum Gasteiger partial charge on any atom is -0.469 e.